The number of nitrogens with one attached hydrogen (secondary N) is 1. The second kappa shape index (κ2) is 11.4. The first-order valence-corrected chi connectivity index (χ1v) is 6.56. The van der Waals surface area contributed by atoms with E-state index in [-0.39, 0.29) is 1.43 Å². The number of hydrogen-bond donors (Lipinski definition) is 1. The highest BCUT2D eigenvalue weighted by atomic mass is 16.5. The van der Waals surface area contributed by atoms with Crippen LogP contribution in [-0.4, -0.2) is 24.7 Å². The van der Waals surface area contributed by atoms with Gasteiger partial charge in [0.1, 0.15) is 6.61 Å². The summed E-state index contributed by atoms with van der Waals surface area (Å²) >= 11 is 0. The third kappa shape index (κ3) is 8.69. The molecule has 0 aromatic carbocycles. The Hall–Kier alpha value is -1.09. The van der Waals surface area contributed by atoms with Crippen LogP contribution in [0.3, 0.4) is 0 Å². The molecule has 100 valence electrons. The Morgan fingerprint density at radius 1 is 1.24 bits per heavy atom. The third-order valence-electron chi connectivity index (χ3n) is 1.98. The molecular formula is C14H28N2O. The molecule has 1 rings (SSSR count). The highest BCUT2D eigenvalue weighted by molar-refractivity contribution is 5.17. The lowest BCUT2D eigenvalue weighted by molar-refractivity contribution is 0.303. The molecule has 0 bridgehead atoms. The number of ether oxygens (including phenoxy) is 1. The van der Waals surface area contributed by atoms with Crippen LogP contribution >= 0.6 is 0 Å². The van der Waals surface area contributed by atoms with Gasteiger partial charge in [-0.15, -0.1) is 0 Å². The van der Waals surface area contributed by atoms with Crippen LogP contribution in [-0.2, 0) is 6.42 Å². The fourth-order valence-corrected chi connectivity index (χ4v) is 1.11. The third-order valence-corrected chi connectivity index (χ3v) is 1.98. The standard InChI is InChI=1S/C11H18N2O.C3H8.H2/c1-3-10-5-6-11(13-9-10)14-8-7-12-4-2;1-3-2;/h5-6,9,12H,3-4,7-8H2,1-2H3;3H2,1-2H3;1H. The van der Waals surface area contributed by atoms with E-state index < -0.39 is 0 Å². The fraction of sp³-hybridized carbons (Fsp3) is 0.643. The van der Waals surface area contributed by atoms with E-state index in [4.69, 9.17) is 4.74 Å². The van der Waals surface area contributed by atoms with Crippen molar-refractivity contribution in [2.75, 3.05) is 19.7 Å². The number of aromatic nitrogens is 1. The van der Waals surface area contributed by atoms with Crippen LogP contribution in [0.4, 0.5) is 0 Å². The molecule has 1 aromatic heterocycles. The summed E-state index contributed by atoms with van der Waals surface area (Å²) in [6.07, 6.45) is 4.13. The van der Waals surface area contributed by atoms with E-state index in [0.717, 1.165) is 19.5 Å². The highest BCUT2D eigenvalue weighted by Crippen LogP contribution is 2.07. The molecule has 0 saturated heterocycles. The molecule has 0 atom stereocenters. The monoisotopic (exact) mass is 240 g/mol. The van der Waals surface area contributed by atoms with Crippen LogP contribution in [0.1, 0.15) is 41.1 Å². The van der Waals surface area contributed by atoms with Crippen LogP contribution in [0, 0.1) is 0 Å². The van der Waals surface area contributed by atoms with Gasteiger partial charge in [-0.3, -0.25) is 0 Å². The lowest BCUT2D eigenvalue weighted by atomic mass is 10.2. The Bertz CT molecular complexity index is 265. The summed E-state index contributed by atoms with van der Waals surface area (Å²) in [7, 11) is 0. The molecule has 0 spiro atoms. The van der Waals surface area contributed by atoms with E-state index in [1.165, 1.54) is 12.0 Å². The predicted molar refractivity (Wildman–Crippen MR) is 75.7 cm³/mol. The first-order valence-electron chi connectivity index (χ1n) is 6.56. The van der Waals surface area contributed by atoms with Gasteiger partial charge in [0.15, 0.2) is 0 Å². The molecular weight excluding hydrogens is 212 g/mol. The number of likely N-dealkylation sites (N-methyl/N-ethyl adjacent to an activating group) is 1. The molecule has 0 unspecified atom stereocenters. The second-order valence-electron chi connectivity index (χ2n) is 3.77. The van der Waals surface area contributed by atoms with Crippen LogP contribution in [0.2, 0.25) is 0 Å². The van der Waals surface area contributed by atoms with Gasteiger partial charge in [-0.1, -0.05) is 40.2 Å². The molecule has 1 heterocycles. The molecule has 1 N–H and O–H groups in total. The average Bonchev–Trinajstić information content (AvgIpc) is 2.36. The van der Waals surface area contributed by atoms with E-state index >= 15 is 0 Å². The zero-order valence-corrected chi connectivity index (χ0v) is 11.6. The number of pyridine rings is 1. The number of hydrogen-bond acceptors (Lipinski definition) is 3. The van der Waals surface area contributed by atoms with E-state index in [0.29, 0.717) is 12.5 Å². The summed E-state index contributed by atoms with van der Waals surface area (Å²) in [6, 6.07) is 3.97. The van der Waals surface area contributed by atoms with Crippen LogP contribution < -0.4 is 10.1 Å². The van der Waals surface area contributed by atoms with E-state index in [9.17, 15) is 0 Å². The van der Waals surface area contributed by atoms with Crippen molar-refractivity contribution in [3.05, 3.63) is 23.9 Å². The minimum absolute atomic E-state index is 0. The van der Waals surface area contributed by atoms with Crippen molar-refractivity contribution >= 4 is 0 Å². The molecule has 0 radical (unpaired) electrons. The van der Waals surface area contributed by atoms with Crippen molar-refractivity contribution in [1.29, 1.82) is 0 Å². The predicted octanol–water partition coefficient (Wildman–Crippen LogP) is 3.29. The van der Waals surface area contributed by atoms with Crippen molar-refractivity contribution in [1.82, 2.24) is 10.3 Å². The second-order valence-corrected chi connectivity index (χ2v) is 3.77. The largest absolute Gasteiger partial charge is 0.476 e. The molecule has 3 nitrogen and oxygen atoms in total. The highest BCUT2D eigenvalue weighted by Gasteiger charge is 1.94. The summed E-state index contributed by atoms with van der Waals surface area (Å²) in [5.41, 5.74) is 1.24. The van der Waals surface area contributed by atoms with Gasteiger partial charge in [0.05, 0.1) is 0 Å². The Balaban J connectivity index is 0. The topological polar surface area (TPSA) is 34.1 Å². The molecule has 0 amide bonds. The summed E-state index contributed by atoms with van der Waals surface area (Å²) < 4.78 is 5.43. The maximum absolute atomic E-state index is 5.43. The quantitative estimate of drug-likeness (QED) is 0.775. The Morgan fingerprint density at radius 3 is 2.41 bits per heavy atom. The van der Waals surface area contributed by atoms with Gasteiger partial charge in [-0.2, -0.15) is 0 Å². The molecule has 0 aliphatic heterocycles. The Labute approximate surface area is 107 Å². The van der Waals surface area contributed by atoms with Gasteiger partial charge in [0, 0.05) is 20.2 Å². The molecule has 3 heteroatoms. The number of rotatable bonds is 6. The van der Waals surface area contributed by atoms with Crippen molar-refractivity contribution < 1.29 is 6.16 Å². The van der Waals surface area contributed by atoms with Crippen molar-refractivity contribution in [3.63, 3.8) is 0 Å². The van der Waals surface area contributed by atoms with Crippen molar-refractivity contribution in [2.45, 2.75) is 40.5 Å². The Kier molecular flexibility index (Phi) is 10.7. The van der Waals surface area contributed by atoms with Gasteiger partial charge >= 0.3 is 0 Å². The van der Waals surface area contributed by atoms with Crippen LogP contribution in [0.15, 0.2) is 18.3 Å². The first kappa shape index (κ1) is 15.9. The fourth-order valence-electron chi connectivity index (χ4n) is 1.11. The first-order chi connectivity index (χ1) is 8.28. The van der Waals surface area contributed by atoms with E-state index in [1.54, 1.807) is 0 Å². The van der Waals surface area contributed by atoms with Gasteiger partial charge in [-0.25, -0.2) is 4.98 Å². The number of aryl methyl sites for hydroxylation is 1. The lowest BCUT2D eigenvalue weighted by Gasteiger charge is -2.05. The van der Waals surface area contributed by atoms with Gasteiger partial charge in [-0.05, 0) is 18.5 Å². The maximum Gasteiger partial charge on any atom is 0.213 e. The molecule has 0 aliphatic carbocycles. The zero-order chi connectivity index (χ0) is 12.9. The van der Waals surface area contributed by atoms with E-state index in [1.807, 2.05) is 12.3 Å². The molecule has 0 aliphatic rings. The smallest absolute Gasteiger partial charge is 0.213 e. The SMILES string of the molecule is CCC.CCNCCOc1ccc(CC)cn1.[HH]. The molecule has 0 saturated carbocycles. The summed E-state index contributed by atoms with van der Waals surface area (Å²) in [4.78, 5) is 4.20. The minimum Gasteiger partial charge on any atom is -0.476 e. The summed E-state index contributed by atoms with van der Waals surface area (Å²) in [5, 5.41) is 3.19. The minimum atomic E-state index is 0. The van der Waals surface area contributed by atoms with Crippen LogP contribution in [0.25, 0.3) is 0 Å². The zero-order valence-electron chi connectivity index (χ0n) is 11.6. The van der Waals surface area contributed by atoms with Gasteiger partial charge < -0.3 is 10.1 Å². The van der Waals surface area contributed by atoms with E-state index in [2.05, 4.69) is 44.1 Å². The lowest BCUT2D eigenvalue weighted by Crippen LogP contribution is -2.20. The normalized spacial score (nSPS) is 9.41. The Morgan fingerprint density at radius 2 is 1.94 bits per heavy atom. The van der Waals surface area contributed by atoms with Crippen molar-refractivity contribution in [2.24, 2.45) is 0 Å². The molecule has 17 heavy (non-hydrogen) atoms. The average molecular weight is 240 g/mol. The summed E-state index contributed by atoms with van der Waals surface area (Å²) in [6.45, 7) is 11.0. The maximum atomic E-state index is 5.43. The van der Waals surface area contributed by atoms with Crippen molar-refractivity contribution in [3.8, 4) is 5.88 Å². The summed E-state index contributed by atoms with van der Waals surface area (Å²) in [5.74, 6) is 0.708. The van der Waals surface area contributed by atoms with Gasteiger partial charge in [0.25, 0.3) is 0 Å². The van der Waals surface area contributed by atoms with Crippen LogP contribution in [0.5, 0.6) is 5.88 Å². The molecule has 1 aromatic rings. The molecule has 0 fully saturated rings. The van der Waals surface area contributed by atoms with Gasteiger partial charge in [0.2, 0.25) is 5.88 Å². The number of nitrogens with zero attached hydrogens (tertiary/aromatic N) is 1.